The van der Waals surface area contributed by atoms with E-state index < -0.39 is 23.9 Å². The van der Waals surface area contributed by atoms with Crippen LogP contribution in [-0.4, -0.2) is 40.6 Å². The molecule has 0 bridgehead atoms. The third kappa shape index (κ3) is 4.60. The van der Waals surface area contributed by atoms with E-state index in [1.165, 1.54) is 23.7 Å². The molecule has 1 fully saturated rings. The lowest BCUT2D eigenvalue weighted by Gasteiger charge is -2.39. The fraction of sp³-hybridized carbons (Fsp3) is 0.500. The number of benzene rings is 1. The lowest BCUT2D eigenvalue weighted by Crippen LogP contribution is -2.54. The van der Waals surface area contributed by atoms with Crippen LogP contribution in [0.2, 0.25) is 0 Å². The van der Waals surface area contributed by atoms with Gasteiger partial charge >= 0.3 is 12.1 Å². The van der Waals surface area contributed by atoms with Crippen molar-refractivity contribution >= 4 is 22.6 Å². The van der Waals surface area contributed by atoms with E-state index in [4.69, 9.17) is 0 Å². The summed E-state index contributed by atoms with van der Waals surface area (Å²) in [4.78, 5) is 17.9. The second-order valence-electron chi connectivity index (χ2n) is 7.06. The molecule has 152 valence electrons. The Balaban J connectivity index is 1.83. The first kappa shape index (κ1) is 20.5. The third-order valence-corrected chi connectivity index (χ3v) is 5.49. The molecule has 2 atom stereocenters. The summed E-state index contributed by atoms with van der Waals surface area (Å²) >= 11 is 1.19. The molecule has 1 aliphatic rings. The molecule has 2 aromatic rings. The number of carbonyl (C=O) groups is 1. The van der Waals surface area contributed by atoms with Gasteiger partial charge in [-0.3, -0.25) is 4.79 Å². The summed E-state index contributed by atoms with van der Waals surface area (Å²) in [6.45, 7) is 4.63. The van der Waals surface area contributed by atoms with Crippen molar-refractivity contribution in [1.29, 1.82) is 0 Å². The van der Waals surface area contributed by atoms with Crippen molar-refractivity contribution in [3.05, 3.63) is 41.5 Å². The molecule has 1 aromatic heterocycles. The number of hydrogen-bond acceptors (Lipinski definition) is 5. The largest absolute Gasteiger partial charge is 0.471 e. The Labute approximate surface area is 163 Å². The highest BCUT2D eigenvalue weighted by molar-refractivity contribution is 7.09. The smallest absolute Gasteiger partial charge is 0.345 e. The Hall–Kier alpha value is -2.23. The molecule has 1 saturated heterocycles. The number of halogens is 4. The summed E-state index contributed by atoms with van der Waals surface area (Å²) < 4.78 is 55.9. The quantitative estimate of drug-likeness (QED) is 0.770. The van der Waals surface area contributed by atoms with Crippen LogP contribution in [0.15, 0.2) is 24.3 Å². The van der Waals surface area contributed by atoms with Crippen LogP contribution in [0.3, 0.4) is 0 Å². The fourth-order valence-corrected chi connectivity index (χ4v) is 4.06. The molecule has 3 rings (SSSR count). The Morgan fingerprint density at radius 1 is 1.29 bits per heavy atom. The van der Waals surface area contributed by atoms with E-state index in [1.807, 2.05) is 18.7 Å². The molecule has 0 saturated carbocycles. The minimum absolute atomic E-state index is 0.141. The first-order valence-electron chi connectivity index (χ1n) is 8.87. The van der Waals surface area contributed by atoms with Gasteiger partial charge in [-0.05, 0) is 24.1 Å². The number of alkyl halides is 3. The molecule has 2 heterocycles. The van der Waals surface area contributed by atoms with Crippen molar-refractivity contribution in [3.63, 3.8) is 0 Å². The molecule has 1 N–H and O–H groups in total. The van der Waals surface area contributed by atoms with E-state index in [0.29, 0.717) is 29.5 Å². The Morgan fingerprint density at radius 3 is 2.54 bits per heavy atom. The molecular formula is C18H20F4N4OS. The van der Waals surface area contributed by atoms with Crippen molar-refractivity contribution in [2.75, 3.05) is 18.0 Å². The minimum atomic E-state index is -4.97. The van der Waals surface area contributed by atoms with Gasteiger partial charge in [0.15, 0.2) is 0 Å². The van der Waals surface area contributed by atoms with Crippen molar-refractivity contribution in [2.45, 2.75) is 44.3 Å². The highest BCUT2D eigenvalue weighted by atomic mass is 32.1. The van der Waals surface area contributed by atoms with Gasteiger partial charge in [-0.1, -0.05) is 26.0 Å². The summed E-state index contributed by atoms with van der Waals surface area (Å²) in [7, 11) is 0. The van der Waals surface area contributed by atoms with Gasteiger partial charge in [0.2, 0.25) is 5.13 Å². The Morgan fingerprint density at radius 2 is 1.96 bits per heavy atom. The number of rotatable bonds is 4. The molecule has 1 amide bonds. The second-order valence-corrected chi connectivity index (χ2v) is 7.79. The summed E-state index contributed by atoms with van der Waals surface area (Å²) in [5, 5.41) is 2.73. The molecule has 10 heteroatoms. The van der Waals surface area contributed by atoms with E-state index in [0.717, 1.165) is 0 Å². The van der Waals surface area contributed by atoms with Gasteiger partial charge in [0.25, 0.3) is 0 Å². The monoisotopic (exact) mass is 416 g/mol. The van der Waals surface area contributed by atoms with Gasteiger partial charge < -0.3 is 10.2 Å². The Bertz CT molecular complexity index is 822. The van der Waals surface area contributed by atoms with E-state index in [9.17, 15) is 22.4 Å². The first-order chi connectivity index (χ1) is 13.1. The van der Waals surface area contributed by atoms with Crippen LogP contribution in [0.5, 0.6) is 0 Å². The maximum Gasteiger partial charge on any atom is 0.471 e. The molecule has 0 spiro atoms. The van der Waals surface area contributed by atoms with Crippen molar-refractivity contribution in [1.82, 2.24) is 14.7 Å². The number of aromatic nitrogens is 2. The molecule has 5 nitrogen and oxygen atoms in total. The predicted molar refractivity (Wildman–Crippen MR) is 98.0 cm³/mol. The van der Waals surface area contributed by atoms with Crippen LogP contribution in [-0.2, 0) is 4.79 Å². The topological polar surface area (TPSA) is 58.1 Å². The molecule has 0 aliphatic carbocycles. The van der Waals surface area contributed by atoms with E-state index in [1.54, 1.807) is 12.1 Å². The van der Waals surface area contributed by atoms with Crippen LogP contribution >= 0.6 is 11.5 Å². The third-order valence-electron chi connectivity index (χ3n) is 4.70. The number of carbonyl (C=O) groups excluding carboxylic acids is 1. The highest BCUT2D eigenvalue weighted by Gasteiger charge is 2.42. The van der Waals surface area contributed by atoms with E-state index in [-0.39, 0.29) is 18.4 Å². The van der Waals surface area contributed by atoms with Gasteiger partial charge in [0, 0.05) is 36.5 Å². The average molecular weight is 416 g/mol. The normalized spacial score (nSPS) is 20.5. The summed E-state index contributed by atoms with van der Waals surface area (Å²) in [6.07, 6.45) is -4.48. The van der Waals surface area contributed by atoms with Crippen LogP contribution in [0.1, 0.15) is 43.5 Å². The van der Waals surface area contributed by atoms with E-state index in [2.05, 4.69) is 14.7 Å². The lowest BCUT2D eigenvalue weighted by atomic mass is 9.85. The summed E-state index contributed by atoms with van der Waals surface area (Å²) in [5.74, 6) is -1.95. The molecule has 1 aliphatic heterocycles. The zero-order valence-corrected chi connectivity index (χ0v) is 16.1. The van der Waals surface area contributed by atoms with Crippen LogP contribution in [0.25, 0.3) is 0 Å². The van der Waals surface area contributed by atoms with Crippen molar-refractivity contribution in [3.8, 4) is 0 Å². The molecular weight excluding hydrogens is 396 g/mol. The number of piperidine rings is 1. The minimum Gasteiger partial charge on any atom is -0.345 e. The Kier molecular flexibility index (Phi) is 5.87. The molecule has 1 aromatic carbocycles. The van der Waals surface area contributed by atoms with Gasteiger partial charge in [-0.15, -0.1) is 0 Å². The van der Waals surface area contributed by atoms with Gasteiger partial charge in [-0.2, -0.15) is 17.5 Å². The molecule has 2 unspecified atom stereocenters. The predicted octanol–water partition coefficient (Wildman–Crippen LogP) is 3.84. The molecule has 0 radical (unpaired) electrons. The summed E-state index contributed by atoms with van der Waals surface area (Å²) in [6, 6.07) is 4.84. The zero-order chi connectivity index (χ0) is 20.5. The maximum absolute atomic E-state index is 13.2. The van der Waals surface area contributed by atoms with Gasteiger partial charge in [0.1, 0.15) is 11.6 Å². The SMILES string of the molecule is CC(C)c1nsc(N2CCC(c3ccc(F)cc3)C(NC(=O)C(F)(F)F)C2)n1. The average Bonchev–Trinajstić information content (AvgIpc) is 3.12. The number of hydrogen-bond donors (Lipinski definition) is 1. The van der Waals surface area contributed by atoms with Crippen LogP contribution in [0.4, 0.5) is 22.7 Å². The van der Waals surface area contributed by atoms with E-state index >= 15 is 0 Å². The highest BCUT2D eigenvalue weighted by Crippen LogP contribution is 2.33. The molecule has 28 heavy (non-hydrogen) atoms. The van der Waals surface area contributed by atoms with Crippen LogP contribution < -0.4 is 10.2 Å². The standard InChI is InChI=1S/C18H20F4N4OS/c1-10(2)15-24-17(28-25-15)26-8-7-13(11-3-5-12(19)6-4-11)14(9-26)23-16(27)18(20,21)22/h3-6,10,13-14H,7-9H2,1-2H3,(H,23,27). The number of nitrogens with one attached hydrogen (secondary N) is 1. The lowest BCUT2D eigenvalue weighted by molar-refractivity contribution is -0.174. The number of anilines is 1. The number of amides is 1. The maximum atomic E-state index is 13.2. The number of nitrogens with zero attached hydrogens (tertiary/aromatic N) is 3. The summed E-state index contributed by atoms with van der Waals surface area (Å²) in [5.41, 5.74) is 0.689. The van der Waals surface area contributed by atoms with Crippen LogP contribution in [0, 0.1) is 5.82 Å². The van der Waals surface area contributed by atoms with Gasteiger partial charge in [-0.25, -0.2) is 9.37 Å². The van der Waals surface area contributed by atoms with Crippen molar-refractivity contribution < 1.29 is 22.4 Å². The fourth-order valence-electron chi connectivity index (χ4n) is 3.22. The van der Waals surface area contributed by atoms with Gasteiger partial charge in [0.05, 0.1) is 6.04 Å². The zero-order valence-electron chi connectivity index (χ0n) is 15.3. The van der Waals surface area contributed by atoms with Crippen molar-refractivity contribution in [2.24, 2.45) is 0 Å². The first-order valence-corrected chi connectivity index (χ1v) is 9.64. The second kappa shape index (κ2) is 8.02.